The summed E-state index contributed by atoms with van der Waals surface area (Å²) in [5.41, 5.74) is 1.00. The van der Waals surface area contributed by atoms with Crippen molar-refractivity contribution in [1.29, 1.82) is 0 Å². The summed E-state index contributed by atoms with van der Waals surface area (Å²) in [5.74, 6) is 0.350. The van der Waals surface area contributed by atoms with Gasteiger partial charge >= 0.3 is 0 Å². The van der Waals surface area contributed by atoms with E-state index in [0.29, 0.717) is 23.6 Å². The summed E-state index contributed by atoms with van der Waals surface area (Å²) in [6.45, 7) is 2.40. The zero-order chi connectivity index (χ0) is 20.0. The first-order chi connectivity index (χ1) is 13.5. The number of hydrogen-bond acceptors (Lipinski definition) is 4. The molecule has 2 N–H and O–H groups in total. The number of amides is 1. The highest BCUT2D eigenvalue weighted by atomic mass is 32.2. The molecule has 2 aromatic rings. The molecule has 150 valence electrons. The summed E-state index contributed by atoms with van der Waals surface area (Å²) >= 11 is 0. The minimum atomic E-state index is -3.55. The van der Waals surface area contributed by atoms with E-state index in [1.807, 2.05) is 6.92 Å². The molecule has 0 spiro atoms. The normalized spacial score (nSPS) is 15.2. The molecule has 6 nitrogen and oxygen atoms in total. The molecular weight excluding hydrogens is 376 g/mol. The number of ether oxygens (including phenoxy) is 1. The molecule has 28 heavy (non-hydrogen) atoms. The van der Waals surface area contributed by atoms with Crippen LogP contribution in [-0.2, 0) is 10.0 Å². The van der Waals surface area contributed by atoms with Gasteiger partial charge in [-0.2, -0.15) is 0 Å². The standard InChI is InChI=1S/C21H26N2O4S/c1-2-27-19-10-6-7-16(15-19)21(24)22-17-11-13-20(14-12-17)28(25,26)23-18-8-4-3-5-9-18/h6-7,10-15,18,23H,2-5,8-9H2,1H3,(H,22,24). The highest BCUT2D eigenvalue weighted by Gasteiger charge is 2.21. The van der Waals surface area contributed by atoms with Crippen LogP contribution >= 0.6 is 0 Å². The molecule has 0 aromatic heterocycles. The molecule has 0 radical (unpaired) electrons. The SMILES string of the molecule is CCOc1cccc(C(=O)Nc2ccc(S(=O)(=O)NC3CCCCC3)cc2)c1. The van der Waals surface area contributed by atoms with Gasteiger partial charge in [-0.3, -0.25) is 4.79 Å². The average molecular weight is 403 g/mol. The van der Waals surface area contributed by atoms with Crippen LogP contribution in [0.2, 0.25) is 0 Å². The van der Waals surface area contributed by atoms with E-state index < -0.39 is 10.0 Å². The number of hydrogen-bond donors (Lipinski definition) is 2. The highest BCUT2D eigenvalue weighted by Crippen LogP contribution is 2.21. The van der Waals surface area contributed by atoms with Gasteiger partial charge in [-0.1, -0.05) is 25.3 Å². The second-order valence-corrected chi connectivity index (χ2v) is 8.61. The van der Waals surface area contributed by atoms with Crippen LogP contribution in [0.3, 0.4) is 0 Å². The van der Waals surface area contributed by atoms with Crippen molar-refractivity contribution in [2.24, 2.45) is 0 Å². The Bertz CT molecular complexity index is 904. The van der Waals surface area contributed by atoms with Crippen LogP contribution < -0.4 is 14.8 Å². The van der Waals surface area contributed by atoms with Crippen LogP contribution in [0, 0.1) is 0 Å². The van der Waals surface area contributed by atoms with Crippen molar-refractivity contribution in [1.82, 2.24) is 4.72 Å². The Kier molecular flexibility index (Phi) is 6.70. The van der Waals surface area contributed by atoms with Gasteiger partial charge in [0.05, 0.1) is 11.5 Å². The molecule has 7 heteroatoms. The second kappa shape index (κ2) is 9.21. The zero-order valence-corrected chi connectivity index (χ0v) is 16.8. The Morgan fingerprint density at radius 1 is 1.07 bits per heavy atom. The molecule has 0 aliphatic heterocycles. The summed E-state index contributed by atoms with van der Waals surface area (Å²) in [5, 5.41) is 2.78. The van der Waals surface area contributed by atoms with Gasteiger partial charge in [-0.05, 0) is 62.2 Å². The topological polar surface area (TPSA) is 84.5 Å². The molecule has 1 fully saturated rings. The van der Waals surface area contributed by atoms with Crippen molar-refractivity contribution in [2.45, 2.75) is 50.0 Å². The third-order valence-electron chi connectivity index (χ3n) is 4.76. The fourth-order valence-corrected chi connectivity index (χ4v) is 4.63. The van der Waals surface area contributed by atoms with Crippen molar-refractivity contribution >= 4 is 21.6 Å². The van der Waals surface area contributed by atoms with Gasteiger partial charge in [0.25, 0.3) is 5.91 Å². The van der Waals surface area contributed by atoms with Gasteiger partial charge < -0.3 is 10.1 Å². The van der Waals surface area contributed by atoms with Crippen molar-refractivity contribution in [3.63, 3.8) is 0 Å². The lowest BCUT2D eigenvalue weighted by Crippen LogP contribution is -2.36. The highest BCUT2D eigenvalue weighted by molar-refractivity contribution is 7.89. The van der Waals surface area contributed by atoms with E-state index in [0.717, 1.165) is 25.7 Å². The van der Waals surface area contributed by atoms with Gasteiger partial charge in [0, 0.05) is 17.3 Å². The molecular formula is C21H26N2O4S. The van der Waals surface area contributed by atoms with Gasteiger partial charge in [0.1, 0.15) is 5.75 Å². The van der Waals surface area contributed by atoms with Crippen LogP contribution in [0.5, 0.6) is 5.75 Å². The van der Waals surface area contributed by atoms with Crippen molar-refractivity contribution in [3.05, 3.63) is 54.1 Å². The third kappa shape index (κ3) is 5.33. The maximum atomic E-state index is 12.5. The first-order valence-corrected chi connectivity index (χ1v) is 11.1. The molecule has 0 heterocycles. The largest absolute Gasteiger partial charge is 0.494 e. The minimum absolute atomic E-state index is 0.00995. The van der Waals surface area contributed by atoms with E-state index in [9.17, 15) is 13.2 Å². The maximum absolute atomic E-state index is 12.5. The summed E-state index contributed by atoms with van der Waals surface area (Å²) in [7, 11) is -3.55. The number of carbonyl (C=O) groups excluding carboxylic acids is 1. The molecule has 2 aromatic carbocycles. The maximum Gasteiger partial charge on any atom is 0.255 e. The number of carbonyl (C=O) groups is 1. The minimum Gasteiger partial charge on any atom is -0.494 e. The first kappa shape index (κ1) is 20.4. The number of nitrogens with one attached hydrogen (secondary N) is 2. The van der Waals surface area contributed by atoms with Crippen LogP contribution in [0.1, 0.15) is 49.4 Å². The van der Waals surface area contributed by atoms with Gasteiger partial charge in [0.2, 0.25) is 10.0 Å². The van der Waals surface area contributed by atoms with Crippen molar-refractivity contribution < 1.29 is 17.9 Å². The fourth-order valence-electron chi connectivity index (χ4n) is 3.32. The van der Waals surface area contributed by atoms with E-state index in [4.69, 9.17) is 4.74 Å². The Balaban J connectivity index is 1.65. The second-order valence-electron chi connectivity index (χ2n) is 6.90. The third-order valence-corrected chi connectivity index (χ3v) is 6.29. The van der Waals surface area contributed by atoms with Gasteiger partial charge in [0.15, 0.2) is 0 Å². The van der Waals surface area contributed by atoms with E-state index in [-0.39, 0.29) is 16.8 Å². The Morgan fingerprint density at radius 2 is 1.79 bits per heavy atom. The van der Waals surface area contributed by atoms with Gasteiger partial charge in [-0.15, -0.1) is 0 Å². The predicted octanol–water partition coefficient (Wildman–Crippen LogP) is 3.95. The molecule has 1 saturated carbocycles. The lowest BCUT2D eigenvalue weighted by Gasteiger charge is -2.22. The number of sulfonamides is 1. The lowest BCUT2D eigenvalue weighted by molar-refractivity contribution is 0.102. The summed E-state index contributed by atoms with van der Waals surface area (Å²) in [4.78, 5) is 12.6. The summed E-state index contributed by atoms with van der Waals surface area (Å²) < 4.78 is 33.3. The summed E-state index contributed by atoms with van der Waals surface area (Å²) in [6.07, 6.45) is 5.05. The monoisotopic (exact) mass is 402 g/mol. The molecule has 1 aliphatic rings. The Labute approximate surface area is 166 Å². The van der Waals surface area contributed by atoms with Crippen molar-refractivity contribution in [3.8, 4) is 5.75 Å². The van der Waals surface area contributed by atoms with Crippen LogP contribution in [0.25, 0.3) is 0 Å². The zero-order valence-electron chi connectivity index (χ0n) is 16.0. The number of benzene rings is 2. The number of anilines is 1. The van der Waals surface area contributed by atoms with E-state index in [1.165, 1.54) is 18.6 Å². The number of rotatable bonds is 7. The lowest BCUT2D eigenvalue weighted by atomic mass is 9.96. The Morgan fingerprint density at radius 3 is 2.46 bits per heavy atom. The molecule has 1 aliphatic carbocycles. The van der Waals surface area contributed by atoms with E-state index in [2.05, 4.69) is 10.0 Å². The molecule has 1 amide bonds. The predicted molar refractivity (Wildman–Crippen MR) is 109 cm³/mol. The average Bonchev–Trinajstić information content (AvgIpc) is 2.69. The van der Waals surface area contributed by atoms with Crippen LogP contribution in [0.15, 0.2) is 53.4 Å². The van der Waals surface area contributed by atoms with E-state index in [1.54, 1.807) is 36.4 Å². The molecule has 3 rings (SSSR count). The molecule has 0 saturated heterocycles. The molecule has 0 atom stereocenters. The molecule has 0 bridgehead atoms. The molecule has 0 unspecified atom stereocenters. The van der Waals surface area contributed by atoms with Crippen LogP contribution in [-0.4, -0.2) is 27.0 Å². The fraction of sp³-hybridized carbons (Fsp3) is 0.381. The van der Waals surface area contributed by atoms with Crippen molar-refractivity contribution in [2.75, 3.05) is 11.9 Å². The van der Waals surface area contributed by atoms with E-state index >= 15 is 0 Å². The smallest absolute Gasteiger partial charge is 0.255 e. The van der Waals surface area contributed by atoms with Gasteiger partial charge in [-0.25, -0.2) is 13.1 Å². The quantitative estimate of drug-likeness (QED) is 0.734. The Hall–Kier alpha value is -2.38. The van der Waals surface area contributed by atoms with Crippen LogP contribution in [0.4, 0.5) is 5.69 Å². The first-order valence-electron chi connectivity index (χ1n) is 9.64. The summed E-state index contributed by atoms with van der Waals surface area (Å²) in [6, 6.07) is 13.1.